The summed E-state index contributed by atoms with van der Waals surface area (Å²) in [6, 6.07) is 14.6. The summed E-state index contributed by atoms with van der Waals surface area (Å²) in [5.41, 5.74) is 2.13. The predicted molar refractivity (Wildman–Crippen MR) is 108 cm³/mol. The lowest BCUT2D eigenvalue weighted by Gasteiger charge is -2.13. The Morgan fingerprint density at radius 3 is 2.26 bits per heavy atom. The molecule has 2 N–H and O–H groups in total. The van der Waals surface area contributed by atoms with Gasteiger partial charge in [0.2, 0.25) is 0 Å². The minimum atomic E-state index is -0.313. The SMILES string of the molecule is CC(C)CNC(=O)c1ccccc1NC(=O)COc1ccc(C(C)C)cc1. The van der Waals surface area contributed by atoms with Gasteiger partial charge in [-0.2, -0.15) is 0 Å². The van der Waals surface area contributed by atoms with E-state index in [-0.39, 0.29) is 18.4 Å². The van der Waals surface area contributed by atoms with Crippen molar-refractivity contribution in [3.8, 4) is 5.75 Å². The van der Waals surface area contributed by atoms with Crippen LogP contribution in [-0.2, 0) is 4.79 Å². The summed E-state index contributed by atoms with van der Waals surface area (Å²) in [6.07, 6.45) is 0. The minimum Gasteiger partial charge on any atom is -0.484 e. The van der Waals surface area contributed by atoms with Crippen molar-refractivity contribution in [3.63, 3.8) is 0 Å². The molecule has 0 spiro atoms. The van der Waals surface area contributed by atoms with E-state index in [2.05, 4.69) is 24.5 Å². The molecule has 0 saturated carbocycles. The highest BCUT2D eigenvalue weighted by Gasteiger charge is 2.13. The second kappa shape index (κ2) is 9.76. The van der Waals surface area contributed by atoms with Gasteiger partial charge in [0.15, 0.2) is 6.61 Å². The Balaban J connectivity index is 1.94. The first-order chi connectivity index (χ1) is 12.9. The minimum absolute atomic E-state index is 0.122. The van der Waals surface area contributed by atoms with E-state index in [1.807, 2.05) is 38.1 Å². The van der Waals surface area contributed by atoms with Gasteiger partial charge in [0, 0.05) is 6.54 Å². The van der Waals surface area contributed by atoms with Gasteiger partial charge < -0.3 is 15.4 Å². The summed E-state index contributed by atoms with van der Waals surface area (Å²) < 4.78 is 5.54. The molecule has 0 aliphatic rings. The fourth-order valence-corrected chi connectivity index (χ4v) is 2.47. The zero-order valence-corrected chi connectivity index (χ0v) is 16.4. The number of amides is 2. The smallest absolute Gasteiger partial charge is 0.262 e. The lowest BCUT2D eigenvalue weighted by atomic mass is 10.0. The average Bonchev–Trinajstić information content (AvgIpc) is 2.65. The van der Waals surface area contributed by atoms with Gasteiger partial charge >= 0.3 is 0 Å². The summed E-state index contributed by atoms with van der Waals surface area (Å²) in [5, 5.41) is 5.62. The maximum atomic E-state index is 12.3. The Morgan fingerprint density at radius 1 is 0.963 bits per heavy atom. The number of benzene rings is 2. The Hall–Kier alpha value is -2.82. The van der Waals surface area contributed by atoms with Gasteiger partial charge in [-0.05, 0) is 41.7 Å². The molecule has 5 heteroatoms. The van der Waals surface area contributed by atoms with E-state index in [1.165, 1.54) is 5.56 Å². The monoisotopic (exact) mass is 368 g/mol. The summed E-state index contributed by atoms with van der Waals surface area (Å²) in [5.74, 6) is 0.918. The molecule has 144 valence electrons. The van der Waals surface area contributed by atoms with Crippen LogP contribution in [0.15, 0.2) is 48.5 Å². The Morgan fingerprint density at radius 2 is 1.63 bits per heavy atom. The number of rotatable bonds is 8. The molecule has 0 bridgehead atoms. The maximum absolute atomic E-state index is 12.3. The van der Waals surface area contributed by atoms with Crippen molar-refractivity contribution in [1.82, 2.24) is 5.32 Å². The molecule has 27 heavy (non-hydrogen) atoms. The van der Waals surface area contributed by atoms with E-state index in [1.54, 1.807) is 24.3 Å². The highest BCUT2D eigenvalue weighted by molar-refractivity contribution is 6.04. The summed E-state index contributed by atoms with van der Waals surface area (Å²) in [4.78, 5) is 24.6. The van der Waals surface area contributed by atoms with Crippen molar-refractivity contribution in [3.05, 3.63) is 59.7 Å². The Kier molecular flexibility index (Phi) is 7.41. The number of hydrogen-bond donors (Lipinski definition) is 2. The zero-order valence-electron chi connectivity index (χ0n) is 16.4. The van der Waals surface area contributed by atoms with Crippen LogP contribution in [0.2, 0.25) is 0 Å². The van der Waals surface area contributed by atoms with Crippen molar-refractivity contribution in [2.24, 2.45) is 5.92 Å². The van der Waals surface area contributed by atoms with Crippen molar-refractivity contribution >= 4 is 17.5 Å². The largest absolute Gasteiger partial charge is 0.484 e. The first-order valence-corrected chi connectivity index (χ1v) is 9.26. The van der Waals surface area contributed by atoms with E-state index >= 15 is 0 Å². The molecule has 0 saturated heterocycles. The van der Waals surface area contributed by atoms with E-state index < -0.39 is 0 Å². The van der Waals surface area contributed by atoms with Crippen LogP contribution in [0.25, 0.3) is 0 Å². The van der Waals surface area contributed by atoms with E-state index in [9.17, 15) is 9.59 Å². The Bertz CT molecular complexity index is 767. The molecule has 0 atom stereocenters. The lowest BCUT2D eigenvalue weighted by Crippen LogP contribution is -2.29. The van der Waals surface area contributed by atoms with Gasteiger partial charge in [0.25, 0.3) is 11.8 Å². The number of hydrogen-bond acceptors (Lipinski definition) is 3. The third kappa shape index (κ3) is 6.44. The van der Waals surface area contributed by atoms with Gasteiger partial charge in [-0.25, -0.2) is 0 Å². The summed E-state index contributed by atoms with van der Waals surface area (Å²) in [6.45, 7) is 8.76. The van der Waals surface area contributed by atoms with E-state index in [4.69, 9.17) is 4.74 Å². The maximum Gasteiger partial charge on any atom is 0.262 e. The first kappa shape index (κ1) is 20.5. The van der Waals surface area contributed by atoms with Crippen molar-refractivity contribution in [1.29, 1.82) is 0 Å². The third-order valence-electron chi connectivity index (χ3n) is 4.03. The molecule has 5 nitrogen and oxygen atoms in total. The summed E-state index contributed by atoms with van der Waals surface area (Å²) in [7, 11) is 0. The fraction of sp³-hybridized carbons (Fsp3) is 0.364. The molecule has 0 fully saturated rings. The highest BCUT2D eigenvalue weighted by Crippen LogP contribution is 2.19. The lowest BCUT2D eigenvalue weighted by molar-refractivity contribution is -0.118. The Labute approximate surface area is 161 Å². The van der Waals surface area contributed by atoms with Crippen molar-refractivity contribution in [2.75, 3.05) is 18.5 Å². The topological polar surface area (TPSA) is 67.4 Å². The molecule has 0 aliphatic carbocycles. The predicted octanol–water partition coefficient (Wildman–Crippen LogP) is 4.21. The van der Waals surface area contributed by atoms with Crippen LogP contribution in [0.5, 0.6) is 5.75 Å². The number of carbonyl (C=O) groups excluding carboxylic acids is 2. The standard InChI is InChI=1S/C22H28N2O3/c1-15(2)13-23-22(26)19-7-5-6-8-20(19)24-21(25)14-27-18-11-9-17(10-12-18)16(3)4/h5-12,15-16H,13-14H2,1-4H3,(H,23,26)(H,24,25). The average molecular weight is 368 g/mol. The van der Waals surface area contributed by atoms with E-state index in [0.717, 1.165) is 0 Å². The number of para-hydroxylation sites is 1. The molecule has 0 aromatic heterocycles. The van der Waals surface area contributed by atoms with Crippen LogP contribution in [-0.4, -0.2) is 25.0 Å². The normalized spacial score (nSPS) is 10.7. The summed E-state index contributed by atoms with van der Waals surface area (Å²) >= 11 is 0. The van der Waals surface area contributed by atoms with Gasteiger partial charge in [-0.15, -0.1) is 0 Å². The second-order valence-corrected chi connectivity index (χ2v) is 7.21. The molecule has 0 aliphatic heterocycles. The number of carbonyl (C=O) groups is 2. The van der Waals surface area contributed by atoms with Gasteiger partial charge in [-0.3, -0.25) is 9.59 Å². The van der Waals surface area contributed by atoms with Crippen molar-refractivity contribution < 1.29 is 14.3 Å². The van der Waals surface area contributed by atoms with Crippen LogP contribution in [0, 0.1) is 5.92 Å². The molecular weight excluding hydrogens is 340 g/mol. The molecular formula is C22H28N2O3. The zero-order chi connectivity index (χ0) is 19.8. The molecule has 0 radical (unpaired) electrons. The third-order valence-corrected chi connectivity index (χ3v) is 4.03. The van der Waals surface area contributed by atoms with E-state index in [0.29, 0.717) is 35.4 Å². The number of anilines is 1. The molecule has 2 aromatic rings. The molecule has 2 aromatic carbocycles. The first-order valence-electron chi connectivity index (χ1n) is 9.26. The van der Waals surface area contributed by atoms with Crippen LogP contribution >= 0.6 is 0 Å². The van der Waals surface area contributed by atoms with Gasteiger partial charge in [-0.1, -0.05) is 52.0 Å². The van der Waals surface area contributed by atoms with Crippen molar-refractivity contribution in [2.45, 2.75) is 33.6 Å². The van der Waals surface area contributed by atoms with Crippen LogP contribution in [0.3, 0.4) is 0 Å². The molecule has 0 unspecified atom stereocenters. The molecule has 2 rings (SSSR count). The number of ether oxygens (including phenoxy) is 1. The number of nitrogens with one attached hydrogen (secondary N) is 2. The highest BCUT2D eigenvalue weighted by atomic mass is 16.5. The molecule has 0 heterocycles. The van der Waals surface area contributed by atoms with Crippen LogP contribution in [0.1, 0.15) is 49.5 Å². The van der Waals surface area contributed by atoms with Gasteiger partial charge in [0.05, 0.1) is 11.3 Å². The van der Waals surface area contributed by atoms with Crippen LogP contribution in [0.4, 0.5) is 5.69 Å². The van der Waals surface area contributed by atoms with Gasteiger partial charge in [0.1, 0.15) is 5.75 Å². The fourth-order valence-electron chi connectivity index (χ4n) is 2.47. The molecule has 2 amide bonds. The quantitative estimate of drug-likeness (QED) is 0.733. The van der Waals surface area contributed by atoms with Crippen LogP contribution < -0.4 is 15.4 Å². The second-order valence-electron chi connectivity index (χ2n) is 7.21.